The first-order chi connectivity index (χ1) is 8.89. The summed E-state index contributed by atoms with van der Waals surface area (Å²) in [5.74, 6) is 0.751. The molecule has 1 aliphatic rings. The van der Waals surface area contributed by atoms with Gasteiger partial charge in [0.15, 0.2) is 0 Å². The zero-order valence-electron chi connectivity index (χ0n) is 11.3. The second-order valence-corrected chi connectivity index (χ2v) is 5.37. The van der Waals surface area contributed by atoms with Crippen molar-refractivity contribution in [1.82, 2.24) is 4.98 Å². The van der Waals surface area contributed by atoms with E-state index in [0.29, 0.717) is 12.1 Å². The molecular weight excluding hydrogens is 246 g/mol. The van der Waals surface area contributed by atoms with Crippen LogP contribution in [0.15, 0.2) is 12.1 Å². The molecule has 1 unspecified atom stereocenters. The van der Waals surface area contributed by atoms with Crippen molar-refractivity contribution >= 4 is 11.5 Å². The lowest BCUT2D eigenvalue weighted by Crippen LogP contribution is -2.28. The Morgan fingerprint density at radius 3 is 2.79 bits per heavy atom. The Morgan fingerprint density at radius 1 is 1.42 bits per heavy atom. The van der Waals surface area contributed by atoms with Gasteiger partial charge in [0.1, 0.15) is 11.5 Å². The van der Waals surface area contributed by atoms with E-state index >= 15 is 0 Å². The predicted molar refractivity (Wildman–Crippen MR) is 72.3 cm³/mol. The summed E-state index contributed by atoms with van der Waals surface area (Å²) in [6.45, 7) is 5.04. The van der Waals surface area contributed by atoms with Gasteiger partial charge >= 0.3 is 0 Å². The molecule has 1 N–H and O–H groups in total. The lowest BCUT2D eigenvalue weighted by molar-refractivity contribution is -0.385. The fourth-order valence-electron chi connectivity index (χ4n) is 2.40. The number of hydrogen-bond acceptors (Lipinski definition) is 5. The van der Waals surface area contributed by atoms with Gasteiger partial charge < -0.3 is 10.0 Å². The van der Waals surface area contributed by atoms with Crippen molar-refractivity contribution in [2.75, 3.05) is 18.0 Å². The topological polar surface area (TPSA) is 79.5 Å². The second-order valence-electron chi connectivity index (χ2n) is 5.37. The van der Waals surface area contributed by atoms with Crippen LogP contribution in [-0.2, 0) is 0 Å². The molecule has 0 bridgehead atoms. The first-order valence-corrected chi connectivity index (χ1v) is 6.48. The van der Waals surface area contributed by atoms with Gasteiger partial charge in [0.25, 0.3) is 5.69 Å². The van der Waals surface area contributed by atoms with Crippen molar-refractivity contribution in [2.24, 2.45) is 0 Å². The molecule has 0 radical (unpaired) electrons. The van der Waals surface area contributed by atoms with E-state index in [4.69, 9.17) is 0 Å². The van der Waals surface area contributed by atoms with Gasteiger partial charge in [-0.05, 0) is 39.2 Å². The standard InChI is InChI=1S/C13H19N3O3/c1-10-11(16(18)19)4-5-12(14-10)15-8-3-6-13(2,17)7-9-15/h4-5,17H,3,6-9H2,1-2H3. The van der Waals surface area contributed by atoms with E-state index in [1.807, 2.05) is 6.92 Å². The van der Waals surface area contributed by atoms with Crippen LogP contribution in [0.3, 0.4) is 0 Å². The Morgan fingerprint density at radius 2 is 2.16 bits per heavy atom. The maximum atomic E-state index is 10.8. The van der Waals surface area contributed by atoms with Crippen molar-refractivity contribution in [3.8, 4) is 0 Å². The Balaban J connectivity index is 2.18. The predicted octanol–water partition coefficient (Wildman–Crippen LogP) is 2.04. The Hall–Kier alpha value is -1.69. The molecule has 1 aromatic rings. The third-order valence-electron chi connectivity index (χ3n) is 3.63. The first-order valence-electron chi connectivity index (χ1n) is 6.48. The number of aliphatic hydroxyl groups is 1. The van der Waals surface area contributed by atoms with Crippen LogP contribution in [-0.4, -0.2) is 33.7 Å². The van der Waals surface area contributed by atoms with E-state index in [1.165, 1.54) is 6.07 Å². The highest BCUT2D eigenvalue weighted by molar-refractivity contribution is 5.46. The highest BCUT2D eigenvalue weighted by atomic mass is 16.6. The Labute approximate surface area is 112 Å². The van der Waals surface area contributed by atoms with Gasteiger partial charge in [-0.1, -0.05) is 0 Å². The second kappa shape index (κ2) is 5.13. The quantitative estimate of drug-likeness (QED) is 0.654. The van der Waals surface area contributed by atoms with Crippen LogP contribution in [0.5, 0.6) is 0 Å². The molecule has 2 rings (SSSR count). The molecule has 0 spiro atoms. The van der Waals surface area contributed by atoms with Gasteiger partial charge in [-0.15, -0.1) is 0 Å². The van der Waals surface area contributed by atoms with Crippen molar-refractivity contribution in [3.63, 3.8) is 0 Å². The van der Waals surface area contributed by atoms with Gasteiger partial charge in [0.05, 0.1) is 10.5 Å². The summed E-state index contributed by atoms with van der Waals surface area (Å²) in [5.41, 5.74) is -0.144. The summed E-state index contributed by atoms with van der Waals surface area (Å²) in [4.78, 5) is 16.7. The first kappa shape index (κ1) is 13.7. The van der Waals surface area contributed by atoms with Crippen molar-refractivity contribution in [1.29, 1.82) is 0 Å². The molecule has 1 saturated heterocycles. The van der Waals surface area contributed by atoms with E-state index in [9.17, 15) is 15.2 Å². The molecule has 104 valence electrons. The largest absolute Gasteiger partial charge is 0.390 e. The van der Waals surface area contributed by atoms with E-state index in [1.54, 1.807) is 13.0 Å². The molecule has 6 heteroatoms. The molecule has 0 saturated carbocycles. The number of aromatic nitrogens is 1. The monoisotopic (exact) mass is 265 g/mol. The van der Waals surface area contributed by atoms with Gasteiger partial charge in [-0.25, -0.2) is 4.98 Å². The van der Waals surface area contributed by atoms with Crippen LogP contribution in [0.25, 0.3) is 0 Å². The number of anilines is 1. The van der Waals surface area contributed by atoms with Crippen LogP contribution in [0.1, 0.15) is 31.9 Å². The summed E-state index contributed by atoms with van der Waals surface area (Å²) in [6, 6.07) is 3.19. The van der Waals surface area contributed by atoms with Crippen LogP contribution in [0.4, 0.5) is 11.5 Å². The summed E-state index contributed by atoms with van der Waals surface area (Å²) >= 11 is 0. The summed E-state index contributed by atoms with van der Waals surface area (Å²) < 4.78 is 0. The van der Waals surface area contributed by atoms with Crippen molar-refractivity contribution in [3.05, 3.63) is 27.9 Å². The minimum Gasteiger partial charge on any atom is -0.390 e. The van der Waals surface area contributed by atoms with E-state index < -0.39 is 10.5 Å². The van der Waals surface area contributed by atoms with Crippen LogP contribution >= 0.6 is 0 Å². The third-order valence-corrected chi connectivity index (χ3v) is 3.63. The van der Waals surface area contributed by atoms with E-state index in [-0.39, 0.29) is 5.69 Å². The molecule has 1 atom stereocenters. The molecule has 2 heterocycles. The number of pyridine rings is 1. The molecule has 0 aromatic carbocycles. The van der Waals surface area contributed by atoms with E-state index in [0.717, 1.165) is 31.7 Å². The minimum absolute atomic E-state index is 0.0468. The molecule has 0 aliphatic carbocycles. The van der Waals surface area contributed by atoms with Gasteiger partial charge in [0, 0.05) is 19.2 Å². The SMILES string of the molecule is Cc1nc(N2CCCC(C)(O)CC2)ccc1[N+](=O)[O-]. The fraction of sp³-hybridized carbons (Fsp3) is 0.615. The molecule has 6 nitrogen and oxygen atoms in total. The summed E-state index contributed by atoms with van der Waals surface area (Å²) in [6.07, 6.45) is 2.35. The number of hydrogen-bond donors (Lipinski definition) is 1. The Kier molecular flexibility index (Phi) is 3.71. The van der Waals surface area contributed by atoms with Gasteiger partial charge in [-0.2, -0.15) is 0 Å². The van der Waals surface area contributed by atoms with Crippen LogP contribution < -0.4 is 4.90 Å². The number of nitro groups is 1. The summed E-state index contributed by atoms with van der Waals surface area (Å²) in [5, 5.41) is 20.8. The molecule has 0 amide bonds. The third kappa shape index (κ3) is 3.20. The zero-order valence-corrected chi connectivity index (χ0v) is 11.3. The fourth-order valence-corrected chi connectivity index (χ4v) is 2.40. The molecule has 1 aromatic heterocycles. The molecular formula is C13H19N3O3. The smallest absolute Gasteiger partial charge is 0.290 e. The maximum absolute atomic E-state index is 10.8. The number of rotatable bonds is 2. The van der Waals surface area contributed by atoms with Crippen molar-refractivity contribution in [2.45, 2.75) is 38.7 Å². The average Bonchev–Trinajstić information content (AvgIpc) is 2.49. The van der Waals surface area contributed by atoms with Crippen LogP contribution in [0, 0.1) is 17.0 Å². The molecule has 1 fully saturated rings. The average molecular weight is 265 g/mol. The lowest BCUT2D eigenvalue weighted by atomic mass is 9.98. The van der Waals surface area contributed by atoms with Crippen LogP contribution in [0.2, 0.25) is 0 Å². The number of nitrogens with zero attached hydrogens (tertiary/aromatic N) is 3. The zero-order chi connectivity index (χ0) is 14.0. The lowest BCUT2D eigenvalue weighted by Gasteiger charge is -2.23. The van der Waals surface area contributed by atoms with Gasteiger partial charge in [-0.3, -0.25) is 10.1 Å². The highest BCUT2D eigenvalue weighted by Crippen LogP contribution is 2.26. The maximum Gasteiger partial charge on any atom is 0.290 e. The number of aryl methyl sites for hydroxylation is 1. The molecule has 19 heavy (non-hydrogen) atoms. The molecule has 1 aliphatic heterocycles. The van der Waals surface area contributed by atoms with Crippen molar-refractivity contribution < 1.29 is 10.0 Å². The van der Waals surface area contributed by atoms with Gasteiger partial charge in [0.2, 0.25) is 0 Å². The van der Waals surface area contributed by atoms with E-state index in [2.05, 4.69) is 9.88 Å². The highest BCUT2D eigenvalue weighted by Gasteiger charge is 2.26. The summed E-state index contributed by atoms with van der Waals surface area (Å²) in [7, 11) is 0. The minimum atomic E-state index is -0.620. The normalized spacial score (nSPS) is 24.1. The Bertz CT molecular complexity index is 488.